The predicted molar refractivity (Wildman–Crippen MR) is 98.9 cm³/mol. The summed E-state index contributed by atoms with van der Waals surface area (Å²) in [6, 6.07) is 10.6. The smallest absolute Gasteiger partial charge is 0.224 e. The Hall–Kier alpha value is -1.81. The van der Waals surface area contributed by atoms with E-state index in [9.17, 15) is 4.79 Å². The SMILES string of the molecule is Cc1ccc(N2CCc3cc(NC(=O)CC(C)(C)C)ccc32)s1. The van der Waals surface area contributed by atoms with E-state index in [1.807, 2.05) is 17.4 Å². The molecule has 0 bridgehead atoms. The average molecular weight is 328 g/mol. The van der Waals surface area contributed by atoms with Crippen LogP contribution < -0.4 is 10.2 Å². The maximum atomic E-state index is 12.1. The number of amides is 1. The molecule has 3 rings (SSSR count). The van der Waals surface area contributed by atoms with Crippen LogP contribution in [0, 0.1) is 12.3 Å². The molecule has 1 aliphatic heterocycles. The number of carbonyl (C=O) groups excluding carboxylic acids is 1. The lowest BCUT2D eigenvalue weighted by atomic mass is 9.92. The number of hydrogen-bond acceptors (Lipinski definition) is 3. The molecule has 0 atom stereocenters. The molecule has 4 heteroatoms. The number of thiophene rings is 1. The zero-order valence-electron chi connectivity index (χ0n) is 14.3. The number of aryl methyl sites for hydroxylation is 1. The third-order valence-corrected chi connectivity index (χ3v) is 4.97. The van der Waals surface area contributed by atoms with Crippen molar-refractivity contribution in [2.45, 2.75) is 40.5 Å². The monoisotopic (exact) mass is 328 g/mol. The van der Waals surface area contributed by atoms with Gasteiger partial charge in [-0.3, -0.25) is 4.79 Å². The van der Waals surface area contributed by atoms with Crippen molar-refractivity contribution in [2.75, 3.05) is 16.8 Å². The van der Waals surface area contributed by atoms with Crippen molar-refractivity contribution in [1.29, 1.82) is 0 Å². The first-order valence-electron chi connectivity index (χ1n) is 8.09. The van der Waals surface area contributed by atoms with Gasteiger partial charge in [0.25, 0.3) is 0 Å². The fourth-order valence-electron chi connectivity index (χ4n) is 2.96. The van der Waals surface area contributed by atoms with Gasteiger partial charge >= 0.3 is 0 Å². The van der Waals surface area contributed by atoms with Gasteiger partial charge in [0.1, 0.15) is 0 Å². The van der Waals surface area contributed by atoms with E-state index < -0.39 is 0 Å². The summed E-state index contributed by atoms with van der Waals surface area (Å²) in [5.41, 5.74) is 3.49. The van der Waals surface area contributed by atoms with Gasteiger partial charge in [-0.1, -0.05) is 20.8 Å². The van der Waals surface area contributed by atoms with Crippen molar-refractivity contribution in [3.05, 3.63) is 40.8 Å². The second-order valence-electron chi connectivity index (χ2n) is 7.42. The van der Waals surface area contributed by atoms with E-state index in [2.05, 4.69) is 62.2 Å². The highest BCUT2D eigenvalue weighted by Gasteiger charge is 2.22. The summed E-state index contributed by atoms with van der Waals surface area (Å²) in [5.74, 6) is 0.0844. The molecule has 3 nitrogen and oxygen atoms in total. The first kappa shape index (κ1) is 16.1. The van der Waals surface area contributed by atoms with Gasteiger partial charge < -0.3 is 10.2 Å². The van der Waals surface area contributed by atoms with Crippen molar-refractivity contribution >= 4 is 33.6 Å². The number of anilines is 3. The van der Waals surface area contributed by atoms with Crippen LogP contribution >= 0.6 is 11.3 Å². The third kappa shape index (κ3) is 3.75. The Morgan fingerprint density at radius 3 is 2.70 bits per heavy atom. The van der Waals surface area contributed by atoms with Crippen molar-refractivity contribution in [2.24, 2.45) is 5.41 Å². The van der Waals surface area contributed by atoms with Crippen LogP contribution in [0.1, 0.15) is 37.6 Å². The molecule has 1 N–H and O–H groups in total. The molecule has 2 heterocycles. The molecule has 0 spiro atoms. The summed E-state index contributed by atoms with van der Waals surface area (Å²) >= 11 is 1.83. The highest BCUT2D eigenvalue weighted by atomic mass is 32.1. The second kappa shape index (κ2) is 6.00. The summed E-state index contributed by atoms with van der Waals surface area (Å²) in [5, 5.41) is 4.33. The number of fused-ring (bicyclic) bond motifs is 1. The minimum absolute atomic E-state index is 0.00857. The Morgan fingerprint density at radius 1 is 1.26 bits per heavy atom. The Bertz CT molecular complexity index is 727. The Labute approximate surface area is 142 Å². The number of benzene rings is 1. The van der Waals surface area contributed by atoms with Crippen molar-refractivity contribution < 1.29 is 4.79 Å². The quantitative estimate of drug-likeness (QED) is 0.847. The van der Waals surface area contributed by atoms with E-state index in [0.29, 0.717) is 6.42 Å². The standard InChI is InChI=1S/C19H24N2OS/c1-13-5-8-18(23-13)21-10-9-14-11-15(6-7-16(14)21)20-17(22)12-19(2,3)4/h5-8,11H,9-10,12H2,1-4H3,(H,20,22). The molecule has 0 saturated carbocycles. The highest BCUT2D eigenvalue weighted by Crippen LogP contribution is 2.39. The normalized spacial score (nSPS) is 14.0. The summed E-state index contributed by atoms with van der Waals surface area (Å²) in [6.07, 6.45) is 1.56. The zero-order chi connectivity index (χ0) is 16.6. The van der Waals surface area contributed by atoms with Gasteiger partial charge in [-0.05, 0) is 54.7 Å². The van der Waals surface area contributed by atoms with Gasteiger partial charge in [-0.2, -0.15) is 0 Å². The van der Waals surface area contributed by atoms with E-state index in [0.717, 1.165) is 18.7 Å². The summed E-state index contributed by atoms with van der Waals surface area (Å²) in [7, 11) is 0. The molecular formula is C19H24N2OS. The van der Waals surface area contributed by atoms with E-state index >= 15 is 0 Å². The summed E-state index contributed by atoms with van der Waals surface area (Å²) in [4.78, 5) is 15.8. The van der Waals surface area contributed by atoms with Crippen LogP contribution in [0.25, 0.3) is 0 Å². The molecule has 0 aliphatic carbocycles. The molecule has 1 aromatic heterocycles. The number of carbonyl (C=O) groups is 1. The minimum atomic E-state index is 0.00857. The molecule has 23 heavy (non-hydrogen) atoms. The maximum absolute atomic E-state index is 12.1. The van der Waals surface area contributed by atoms with Crippen LogP contribution in [0.2, 0.25) is 0 Å². The molecule has 0 radical (unpaired) electrons. The lowest BCUT2D eigenvalue weighted by Gasteiger charge is -2.19. The maximum Gasteiger partial charge on any atom is 0.224 e. The van der Waals surface area contributed by atoms with Crippen LogP contribution in [0.15, 0.2) is 30.3 Å². The van der Waals surface area contributed by atoms with E-state index in [1.165, 1.54) is 21.1 Å². The average Bonchev–Trinajstić information content (AvgIpc) is 3.01. The summed E-state index contributed by atoms with van der Waals surface area (Å²) in [6.45, 7) is 9.39. The fourth-order valence-corrected chi connectivity index (χ4v) is 3.86. The van der Waals surface area contributed by atoms with Gasteiger partial charge in [0.05, 0.1) is 5.00 Å². The van der Waals surface area contributed by atoms with Gasteiger partial charge in [-0.25, -0.2) is 0 Å². The predicted octanol–water partition coefficient (Wildman–Crippen LogP) is 5.13. The number of hydrogen-bond donors (Lipinski definition) is 1. The molecule has 0 saturated heterocycles. The van der Waals surface area contributed by atoms with Crippen LogP contribution in [0.4, 0.5) is 16.4 Å². The molecule has 0 unspecified atom stereocenters. The minimum Gasteiger partial charge on any atom is -0.333 e. The number of nitrogens with one attached hydrogen (secondary N) is 1. The fraction of sp³-hybridized carbons (Fsp3) is 0.421. The molecular weight excluding hydrogens is 304 g/mol. The Balaban J connectivity index is 1.75. The van der Waals surface area contributed by atoms with Crippen molar-refractivity contribution in [3.63, 3.8) is 0 Å². The lowest BCUT2D eigenvalue weighted by Crippen LogP contribution is -2.19. The van der Waals surface area contributed by atoms with Gasteiger partial charge in [0.15, 0.2) is 0 Å². The van der Waals surface area contributed by atoms with Crippen molar-refractivity contribution in [3.8, 4) is 0 Å². The molecule has 1 aliphatic rings. The van der Waals surface area contributed by atoms with Crippen molar-refractivity contribution in [1.82, 2.24) is 0 Å². The van der Waals surface area contributed by atoms with E-state index in [4.69, 9.17) is 0 Å². The number of nitrogens with zero attached hydrogens (tertiary/aromatic N) is 1. The molecule has 122 valence electrons. The van der Waals surface area contributed by atoms with Crippen LogP contribution in [-0.4, -0.2) is 12.5 Å². The zero-order valence-corrected chi connectivity index (χ0v) is 15.1. The van der Waals surface area contributed by atoms with Gasteiger partial charge in [0.2, 0.25) is 5.91 Å². The Kier molecular flexibility index (Phi) is 4.19. The Morgan fingerprint density at radius 2 is 2.04 bits per heavy atom. The third-order valence-electron chi connectivity index (χ3n) is 3.94. The van der Waals surface area contributed by atoms with E-state index in [-0.39, 0.29) is 11.3 Å². The number of rotatable bonds is 3. The second-order valence-corrected chi connectivity index (χ2v) is 8.68. The largest absolute Gasteiger partial charge is 0.333 e. The highest BCUT2D eigenvalue weighted by molar-refractivity contribution is 7.16. The lowest BCUT2D eigenvalue weighted by molar-refractivity contribution is -0.117. The van der Waals surface area contributed by atoms with Gasteiger partial charge in [-0.15, -0.1) is 11.3 Å². The van der Waals surface area contributed by atoms with Crippen LogP contribution in [-0.2, 0) is 11.2 Å². The van der Waals surface area contributed by atoms with E-state index in [1.54, 1.807) is 0 Å². The summed E-state index contributed by atoms with van der Waals surface area (Å²) < 4.78 is 0. The first-order chi connectivity index (χ1) is 10.8. The molecule has 0 fully saturated rings. The van der Waals surface area contributed by atoms with Gasteiger partial charge in [0, 0.05) is 29.2 Å². The first-order valence-corrected chi connectivity index (χ1v) is 8.90. The van der Waals surface area contributed by atoms with Crippen LogP contribution in [0.3, 0.4) is 0 Å². The topological polar surface area (TPSA) is 32.3 Å². The van der Waals surface area contributed by atoms with Crippen LogP contribution in [0.5, 0.6) is 0 Å². The molecule has 1 amide bonds. The molecule has 2 aromatic rings. The molecule has 1 aromatic carbocycles.